The second-order valence-electron chi connectivity index (χ2n) is 10.7. The summed E-state index contributed by atoms with van der Waals surface area (Å²) >= 11 is 0. The minimum atomic E-state index is -4.92. The van der Waals surface area contributed by atoms with E-state index in [1.54, 1.807) is 0 Å². The van der Waals surface area contributed by atoms with E-state index in [9.17, 15) is 31.2 Å². The number of nitrogens with one attached hydrogen (secondary N) is 3. The van der Waals surface area contributed by atoms with Crippen LogP contribution in [0.3, 0.4) is 0 Å². The van der Waals surface area contributed by atoms with Crippen LogP contribution < -0.4 is 20.7 Å². The lowest BCUT2D eigenvalue weighted by atomic mass is 9.86. The molecule has 1 aliphatic carbocycles. The third-order valence-corrected chi connectivity index (χ3v) is 8.99. The summed E-state index contributed by atoms with van der Waals surface area (Å²) in [5.74, 6) is -1.12. The molecule has 0 saturated carbocycles. The summed E-state index contributed by atoms with van der Waals surface area (Å²) in [6.07, 6.45) is -2.84. The minimum absolute atomic E-state index is 0.0375. The first kappa shape index (κ1) is 30.8. The molecule has 1 aliphatic heterocycles. The second kappa shape index (κ2) is 12.8. The van der Waals surface area contributed by atoms with Crippen molar-refractivity contribution in [2.75, 3.05) is 19.6 Å². The highest BCUT2D eigenvalue weighted by atomic mass is 32.2. The third kappa shape index (κ3) is 7.98. The van der Waals surface area contributed by atoms with Crippen molar-refractivity contribution in [3.63, 3.8) is 0 Å². The molecular formula is C28H35F3N4O5S. The Labute approximate surface area is 237 Å². The predicted octanol–water partition coefficient (Wildman–Crippen LogP) is 3.40. The predicted molar refractivity (Wildman–Crippen MR) is 145 cm³/mol. The molecule has 13 heteroatoms. The van der Waals surface area contributed by atoms with Gasteiger partial charge in [0.05, 0.1) is 17.4 Å². The van der Waals surface area contributed by atoms with Crippen LogP contribution in [0.2, 0.25) is 0 Å². The van der Waals surface area contributed by atoms with Gasteiger partial charge in [0, 0.05) is 19.6 Å². The lowest BCUT2D eigenvalue weighted by Gasteiger charge is -2.34. The summed E-state index contributed by atoms with van der Waals surface area (Å²) in [5.41, 5.74) is 3.33. The zero-order valence-corrected chi connectivity index (χ0v) is 23.8. The van der Waals surface area contributed by atoms with Crippen LogP contribution in [0.15, 0.2) is 47.4 Å². The SMILES string of the molecule is CC(C)CNCc1ccc2c(c1)CCC[C@H]2NC(=O)C[C@@H]1C(=O)NCCN1S(=O)(=O)c1ccc(OC(F)(F)F)cc1. The average Bonchev–Trinajstić information content (AvgIpc) is 2.89. The Bertz CT molecular complexity index is 1350. The molecular weight excluding hydrogens is 561 g/mol. The molecule has 1 fully saturated rings. The van der Waals surface area contributed by atoms with Crippen LogP contribution in [-0.4, -0.2) is 56.6 Å². The number of sulfonamides is 1. The number of rotatable bonds is 10. The molecule has 1 saturated heterocycles. The number of nitrogens with zero attached hydrogens (tertiary/aromatic N) is 1. The van der Waals surface area contributed by atoms with E-state index >= 15 is 0 Å². The molecule has 0 bridgehead atoms. The number of carbonyl (C=O) groups excluding carboxylic acids is 2. The Morgan fingerprint density at radius 3 is 2.59 bits per heavy atom. The van der Waals surface area contributed by atoms with Crippen LogP contribution >= 0.6 is 0 Å². The quantitative estimate of drug-likeness (QED) is 0.387. The number of carbonyl (C=O) groups is 2. The van der Waals surface area contributed by atoms with Gasteiger partial charge in [-0.25, -0.2) is 8.42 Å². The van der Waals surface area contributed by atoms with Crippen LogP contribution in [0.5, 0.6) is 5.75 Å². The van der Waals surface area contributed by atoms with Gasteiger partial charge in [-0.2, -0.15) is 4.31 Å². The number of ether oxygens (including phenoxy) is 1. The third-order valence-electron chi connectivity index (χ3n) is 7.06. The fraction of sp³-hybridized carbons (Fsp3) is 0.500. The first-order valence-electron chi connectivity index (χ1n) is 13.6. The molecule has 4 rings (SSSR count). The van der Waals surface area contributed by atoms with E-state index < -0.39 is 46.4 Å². The summed E-state index contributed by atoms with van der Waals surface area (Å²) < 4.78 is 68.9. The molecule has 0 aromatic heterocycles. The van der Waals surface area contributed by atoms with Crippen molar-refractivity contribution in [2.24, 2.45) is 5.92 Å². The van der Waals surface area contributed by atoms with E-state index in [0.29, 0.717) is 5.92 Å². The average molecular weight is 597 g/mol. The first-order chi connectivity index (χ1) is 19.3. The maximum absolute atomic E-state index is 13.4. The van der Waals surface area contributed by atoms with Gasteiger partial charge >= 0.3 is 6.36 Å². The van der Waals surface area contributed by atoms with Gasteiger partial charge in [0.25, 0.3) is 0 Å². The van der Waals surface area contributed by atoms with E-state index in [0.717, 1.165) is 77.6 Å². The molecule has 0 radical (unpaired) electrons. The van der Waals surface area contributed by atoms with Gasteiger partial charge in [-0.05, 0) is 72.7 Å². The van der Waals surface area contributed by atoms with E-state index in [1.165, 1.54) is 0 Å². The normalized spacial score (nSPS) is 19.9. The highest BCUT2D eigenvalue weighted by Crippen LogP contribution is 2.31. The summed E-state index contributed by atoms with van der Waals surface area (Å²) in [7, 11) is -4.30. The fourth-order valence-electron chi connectivity index (χ4n) is 5.19. The van der Waals surface area contributed by atoms with E-state index in [-0.39, 0.29) is 24.0 Å². The van der Waals surface area contributed by atoms with Gasteiger partial charge in [0.2, 0.25) is 21.8 Å². The van der Waals surface area contributed by atoms with Gasteiger partial charge < -0.3 is 20.7 Å². The minimum Gasteiger partial charge on any atom is -0.406 e. The Morgan fingerprint density at radius 2 is 1.90 bits per heavy atom. The van der Waals surface area contributed by atoms with E-state index in [1.807, 2.05) is 12.1 Å². The molecule has 2 aromatic carbocycles. The summed E-state index contributed by atoms with van der Waals surface area (Å²) in [6, 6.07) is 8.36. The van der Waals surface area contributed by atoms with Crippen LogP contribution in [0, 0.1) is 5.92 Å². The number of piperazine rings is 1. The Kier molecular flexibility index (Phi) is 9.60. The highest BCUT2D eigenvalue weighted by Gasteiger charge is 2.40. The van der Waals surface area contributed by atoms with Crippen LogP contribution in [0.25, 0.3) is 0 Å². The number of fused-ring (bicyclic) bond motifs is 1. The van der Waals surface area contributed by atoms with Gasteiger partial charge in [0.15, 0.2) is 0 Å². The number of hydrogen-bond donors (Lipinski definition) is 3. The summed E-state index contributed by atoms with van der Waals surface area (Å²) in [4.78, 5) is 25.6. The monoisotopic (exact) mass is 596 g/mol. The zero-order chi connectivity index (χ0) is 29.8. The van der Waals surface area contributed by atoms with Gasteiger partial charge in [0.1, 0.15) is 11.8 Å². The lowest BCUT2D eigenvalue weighted by molar-refractivity contribution is -0.274. The molecule has 2 aromatic rings. The maximum Gasteiger partial charge on any atom is 0.573 e. The van der Waals surface area contributed by atoms with Crippen molar-refractivity contribution in [1.29, 1.82) is 0 Å². The van der Waals surface area contributed by atoms with Crippen molar-refractivity contribution < 1.29 is 35.9 Å². The van der Waals surface area contributed by atoms with Gasteiger partial charge in [-0.15, -0.1) is 13.2 Å². The van der Waals surface area contributed by atoms with Crippen LogP contribution in [0.1, 0.15) is 55.8 Å². The molecule has 3 N–H and O–H groups in total. The van der Waals surface area contributed by atoms with E-state index in [4.69, 9.17) is 0 Å². The second-order valence-corrected chi connectivity index (χ2v) is 12.6. The maximum atomic E-state index is 13.4. The molecule has 2 atom stereocenters. The molecule has 9 nitrogen and oxygen atoms in total. The number of amides is 2. The standard InChI is InChI=1S/C28H35F3N4O5S/c1-18(2)16-32-17-19-6-11-23-20(14-19)4-3-5-24(23)34-26(36)15-25-27(37)33-12-13-35(25)41(38,39)22-9-7-21(8-10-22)40-28(29,30)31/h6-11,14,18,24-25,32H,3-5,12-13,15-17H2,1-2H3,(H,33,37)(H,34,36)/t24-,25-/m1/s1. The first-order valence-corrected chi connectivity index (χ1v) is 15.0. The molecule has 41 heavy (non-hydrogen) atoms. The number of alkyl halides is 3. The van der Waals surface area contributed by atoms with Crippen molar-refractivity contribution in [1.82, 2.24) is 20.3 Å². The largest absolute Gasteiger partial charge is 0.573 e. The Hall–Kier alpha value is -3.16. The van der Waals surface area contributed by atoms with Gasteiger partial charge in [-0.1, -0.05) is 32.0 Å². The number of hydrogen-bond acceptors (Lipinski definition) is 6. The summed E-state index contributed by atoms with van der Waals surface area (Å²) in [6.45, 7) is 5.90. The molecule has 0 spiro atoms. The number of aryl methyl sites for hydroxylation is 1. The van der Waals surface area contributed by atoms with Crippen molar-refractivity contribution in [2.45, 2.75) is 69.4 Å². The van der Waals surface area contributed by atoms with Crippen LogP contribution in [0.4, 0.5) is 13.2 Å². The molecule has 2 aliphatic rings. The topological polar surface area (TPSA) is 117 Å². The van der Waals surface area contributed by atoms with Crippen molar-refractivity contribution in [3.8, 4) is 5.75 Å². The van der Waals surface area contributed by atoms with Crippen LogP contribution in [-0.2, 0) is 32.6 Å². The Morgan fingerprint density at radius 1 is 1.17 bits per heavy atom. The number of benzene rings is 2. The zero-order valence-electron chi connectivity index (χ0n) is 23.0. The molecule has 1 heterocycles. The smallest absolute Gasteiger partial charge is 0.406 e. The Balaban J connectivity index is 1.44. The highest BCUT2D eigenvalue weighted by molar-refractivity contribution is 7.89. The van der Waals surface area contributed by atoms with E-state index in [2.05, 4.69) is 40.6 Å². The lowest BCUT2D eigenvalue weighted by Crippen LogP contribution is -2.58. The molecule has 0 unspecified atom stereocenters. The number of halogens is 3. The van der Waals surface area contributed by atoms with Crippen molar-refractivity contribution >= 4 is 21.8 Å². The van der Waals surface area contributed by atoms with Crippen molar-refractivity contribution in [3.05, 3.63) is 59.2 Å². The fourth-order valence-corrected chi connectivity index (χ4v) is 6.77. The van der Waals surface area contributed by atoms with Gasteiger partial charge in [-0.3, -0.25) is 9.59 Å². The molecule has 2 amide bonds. The summed E-state index contributed by atoms with van der Waals surface area (Å²) in [5, 5.41) is 9.01. The molecule has 224 valence electrons.